The number of carbonyl (C=O) groups is 1. The maximum atomic E-state index is 13.5. The third-order valence-corrected chi connectivity index (χ3v) is 7.13. The minimum atomic E-state index is -1.36. The normalized spacial score (nSPS) is 24.1. The number of unbranched alkanes of at least 4 members (excludes halogenated alkanes) is 7. The lowest BCUT2D eigenvalue weighted by molar-refractivity contribution is -0.123. The number of nitrogens with two attached hydrogens (primary N) is 1. The fourth-order valence-electron chi connectivity index (χ4n) is 4.92. The average Bonchev–Trinajstić information content (AvgIpc) is 3.07. The van der Waals surface area contributed by atoms with Gasteiger partial charge in [0, 0.05) is 12.6 Å². The highest BCUT2D eigenvalue weighted by Crippen LogP contribution is 2.36. The second-order valence-electron chi connectivity index (χ2n) is 10.2. The van der Waals surface area contributed by atoms with Crippen LogP contribution in [0.2, 0.25) is 0 Å². The molecule has 0 bridgehead atoms. The van der Waals surface area contributed by atoms with Crippen molar-refractivity contribution in [2.45, 2.75) is 102 Å². The van der Waals surface area contributed by atoms with Crippen LogP contribution in [0.15, 0.2) is 4.99 Å². The van der Waals surface area contributed by atoms with E-state index in [1.807, 2.05) is 0 Å². The molecule has 0 radical (unpaired) electrons. The molecule has 2 aliphatic heterocycles. The van der Waals surface area contributed by atoms with Gasteiger partial charge in [-0.3, -0.25) is 4.99 Å². The summed E-state index contributed by atoms with van der Waals surface area (Å²) in [5, 5.41) is 10.7. The number of fused-ring (bicyclic) bond motifs is 1. The highest BCUT2D eigenvalue weighted by atomic mass is 19.1. The Labute approximate surface area is 229 Å². The fraction of sp³-hybridized carbons (Fsp3) is 0.714. The standard InChI is InChI=1S/C28H41FN4O6/c1-3-5-6-7-8-9-10-11-14-37-27(35)38-19-36-18-28(4-2)23(34)16-21(39-28)15-20-12-13-22-24(31-17-20)25(30)33-26(29)32-22/h2,17,20-21,23,34H,3,5-16,18-19H2,1H3,(H2,30,32,33)/t20?,21-,23-,28+/m0/s1. The lowest BCUT2D eigenvalue weighted by Crippen LogP contribution is -2.43. The molecule has 0 saturated carbocycles. The van der Waals surface area contributed by atoms with E-state index in [1.165, 1.54) is 32.1 Å². The summed E-state index contributed by atoms with van der Waals surface area (Å²) >= 11 is 0. The first-order chi connectivity index (χ1) is 18.9. The molecule has 2 aliphatic rings. The van der Waals surface area contributed by atoms with Crippen molar-refractivity contribution in [1.82, 2.24) is 9.97 Å². The summed E-state index contributed by atoms with van der Waals surface area (Å²) in [5.74, 6) is 2.50. The van der Waals surface area contributed by atoms with Crippen LogP contribution in [0.3, 0.4) is 0 Å². The van der Waals surface area contributed by atoms with E-state index in [4.69, 9.17) is 31.1 Å². The van der Waals surface area contributed by atoms with Crippen molar-refractivity contribution in [1.29, 1.82) is 0 Å². The molecule has 0 spiro atoms. The zero-order valence-electron chi connectivity index (χ0n) is 22.8. The largest absolute Gasteiger partial charge is 0.510 e. The smallest absolute Gasteiger partial charge is 0.434 e. The number of ether oxygens (including phenoxy) is 4. The molecule has 1 unspecified atom stereocenters. The van der Waals surface area contributed by atoms with E-state index in [1.54, 1.807) is 6.21 Å². The van der Waals surface area contributed by atoms with Gasteiger partial charge < -0.3 is 29.8 Å². The van der Waals surface area contributed by atoms with E-state index < -0.39 is 23.9 Å². The molecule has 4 atom stereocenters. The Kier molecular flexibility index (Phi) is 12.4. The highest BCUT2D eigenvalue weighted by molar-refractivity contribution is 5.73. The lowest BCUT2D eigenvalue weighted by atomic mass is 9.93. The van der Waals surface area contributed by atoms with Gasteiger partial charge in [0.1, 0.15) is 5.69 Å². The van der Waals surface area contributed by atoms with Gasteiger partial charge in [-0.25, -0.2) is 9.78 Å². The molecular weight excluding hydrogens is 507 g/mol. The van der Waals surface area contributed by atoms with Gasteiger partial charge in [0.25, 0.3) is 0 Å². The first-order valence-electron chi connectivity index (χ1n) is 13.9. The number of rotatable bonds is 15. The Bertz CT molecular complexity index is 1000. The number of aromatic nitrogens is 2. The van der Waals surface area contributed by atoms with E-state index in [2.05, 4.69) is 27.8 Å². The molecule has 11 heteroatoms. The second kappa shape index (κ2) is 15.7. The van der Waals surface area contributed by atoms with Crippen LogP contribution in [-0.2, 0) is 25.4 Å². The van der Waals surface area contributed by atoms with Crippen LogP contribution in [-0.4, -0.2) is 65.3 Å². The van der Waals surface area contributed by atoms with Crippen LogP contribution >= 0.6 is 0 Å². The number of hydrogen-bond donors (Lipinski definition) is 2. The van der Waals surface area contributed by atoms with Gasteiger partial charge >= 0.3 is 12.2 Å². The summed E-state index contributed by atoms with van der Waals surface area (Å²) in [6, 6.07) is 0. The number of aliphatic imine (C=N–C) groups is 1. The van der Waals surface area contributed by atoms with Crippen molar-refractivity contribution < 1.29 is 33.2 Å². The van der Waals surface area contributed by atoms with Crippen molar-refractivity contribution in [3.05, 3.63) is 11.8 Å². The molecule has 0 aliphatic carbocycles. The van der Waals surface area contributed by atoms with Crippen molar-refractivity contribution in [2.24, 2.45) is 10.9 Å². The predicted molar refractivity (Wildman–Crippen MR) is 144 cm³/mol. The molecular formula is C28H41FN4O6. The zero-order valence-corrected chi connectivity index (χ0v) is 22.8. The molecule has 3 rings (SSSR count). The number of aryl methyl sites for hydroxylation is 1. The van der Waals surface area contributed by atoms with E-state index >= 15 is 0 Å². The SMILES string of the molecule is C#C[C@]1(COCOC(=O)OCCCCCCCCCC)O[C@@H](CC2C=Nc3c(N)nc(F)nc3CC2)C[C@@H]1O. The minimum absolute atomic E-state index is 0.00435. The van der Waals surface area contributed by atoms with E-state index in [-0.39, 0.29) is 31.2 Å². The molecule has 216 valence electrons. The molecule has 3 heterocycles. The Balaban J connectivity index is 1.34. The molecule has 1 fully saturated rings. The van der Waals surface area contributed by atoms with E-state index in [0.29, 0.717) is 43.7 Å². The number of nitrogens with zero attached hydrogens (tertiary/aromatic N) is 3. The average molecular weight is 549 g/mol. The van der Waals surface area contributed by atoms with Gasteiger partial charge in [-0.05, 0) is 31.6 Å². The molecule has 1 saturated heterocycles. The second-order valence-corrected chi connectivity index (χ2v) is 10.2. The Morgan fingerprint density at radius 3 is 2.72 bits per heavy atom. The van der Waals surface area contributed by atoms with Gasteiger partial charge in [-0.2, -0.15) is 9.37 Å². The number of aliphatic hydroxyl groups excluding tert-OH is 1. The van der Waals surface area contributed by atoms with Crippen molar-refractivity contribution >= 4 is 23.9 Å². The molecule has 10 nitrogen and oxygen atoms in total. The molecule has 3 N–H and O–H groups in total. The lowest BCUT2D eigenvalue weighted by Gasteiger charge is -2.26. The number of carbonyl (C=O) groups excluding carboxylic acids is 1. The fourth-order valence-corrected chi connectivity index (χ4v) is 4.92. The monoisotopic (exact) mass is 548 g/mol. The molecule has 0 aromatic carbocycles. The quantitative estimate of drug-likeness (QED) is 0.105. The number of anilines is 1. The Hall–Kier alpha value is -2.81. The van der Waals surface area contributed by atoms with Crippen LogP contribution in [0, 0.1) is 24.3 Å². The van der Waals surface area contributed by atoms with Crippen LogP contribution < -0.4 is 5.73 Å². The molecule has 39 heavy (non-hydrogen) atoms. The van der Waals surface area contributed by atoms with Crippen molar-refractivity contribution in [3.63, 3.8) is 0 Å². The maximum Gasteiger partial charge on any atom is 0.510 e. The van der Waals surface area contributed by atoms with Crippen LogP contribution in [0.4, 0.5) is 20.7 Å². The number of hydrogen-bond acceptors (Lipinski definition) is 10. The summed E-state index contributed by atoms with van der Waals surface area (Å²) < 4.78 is 35.0. The highest BCUT2D eigenvalue weighted by Gasteiger charge is 2.47. The maximum absolute atomic E-state index is 13.5. The van der Waals surface area contributed by atoms with Crippen molar-refractivity contribution in [3.8, 4) is 12.3 Å². The third kappa shape index (κ3) is 9.41. The Morgan fingerprint density at radius 2 is 1.97 bits per heavy atom. The summed E-state index contributed by atoms with van der Waals surface area (Å²) in [7, 11) is 0. The summed E-state index contributed by atoms with van der Waals surface area (Å²) in [4.78, 5) is 23.5. The molecule has 0 amide bonds. The predicted octanol–water partition coefficient (Wildman–Crippen LogP) is 4.64. The van der Waals surface area contributed by atoms with Crippen LogP contribution in [0.25, 0.3) is 0 Å². The van der Waals surface area contributed by atoms with Gasteiger partial charge in [0.05, 0.1) is 31.1 Å². The first kappa shape index (κ1) is 30.7. The minimum Gasteiger partial charge on any atom is -0.434 e. The summed E-state index contributed by atoms with van der Waals surface area (Å²) in [6.45, 7) is 1.98. The topological polar surface area (TPSA) is 138 Å². The van der Waals surface area contributed by atoms with Crippen molar-refractivity contribution in [2.75, 3.05) is 25.7 Å². The summed E-state index contributed by atoms with van der Waals surface area (Å²) in [6.07, 6.45) is 15.6. The molecule has 1 aromatic rings. The van der Waals surface area contributed by atoms with E-state index in [9.17, 15) is 14.3 Å². The van der Waals surface area contributed by atoms with Gasteiger partial charge in [-0.1, -0.05) is 57.8 Å². The van der Waals surface area contributed by atoms with E-state index in [0.717, 1.165) is 19.3 Å². The number of aliphatic hydroxyl groups is 1. The number of halogens is 1. The zero-order chi connectivity index (χ0) is 28.1. The van der Waals surface area contributed by atoms with Gasteiger partial charge in [-0.15, -0.1) is 6.42 Å². The van der Waals surface area contributed by atoms with Crippen LogP contribution in [0.5, 0.6) is 0 Å². The van der Waals surface area contributed by atoms with Gasteiger partial charge in [0.2, 0.25) is 0 Å². The summed E-state index contributed by atoms with van der Waals surface area (Å²) in [5.41, 5.74) is 5.28. The van der Waals surface area contributed by atoms with Crippen LogP contribution in [0.1, 0.15) is 83.2 Å². The molecule has 1 aromatic heterocycles. The first-order valence-corrected chi connectivity index (χ1v) is 13.9. The third-order valence-electron chi connectivity index (χ3n) is 7.13. The number of terminal acetylenes is 1. The van der Waals surface area contributed by atoms with Gasteiger partial charge in [0.15, 0.2) is 18.2 Å². The number of nitrogen functional groups attached to an aromatic ring is 1. The Morgan fingerprint density at radius 1 is 1.23 bits per heavy atom.